The third-order valence-electron chi connectivity index (χ3n) is 5.45. The number of esters is 1. The van der Waals surface area contributed by atoms with Crippen molar-refractivity contribution < 1.29 is 23.8 Å². The van der Waals surface area contributed by atoms with Gasteiger partial charge in [0.25, 0.3) is 0 Å². The van der Waals surface area contributed by atoms with Gasteiger partial charge in [-0.15, -0.1) is 0 Å². The van der Waals surface area contributed by atoms with E-state index in [-0.39, 0.29) is 25.7 Å². The molecule has 1 saturated heterocycles. The van der Waals surface area contributed by atoms with Gasteiger partial charge >= 0.3 is 5.97 Å². The molecule has 0 N–H and O–H groups in total. The topological polar surface area (TPSA) is 65.1 Å². The number of fused-ring (bicyclic) bond motifs is 1. The van der Waals surface area contributed by atoms with Crippen molar-refractivity contribution in [2.24, 2.45) is 5.92 Å². The predicted molar refractivity (Wildman–Crippen MR) is 108 cm³/mol. The molecule has 1 fully saturated rings. The monoisotopic (exact) mass is 415 g/mol. The molecule has 0 aromatic heterocycles. The zero-order valence-electron chi connectivity index (χ0n) is 16.4. The van der Waals surface area contributed by atoms with Crippen LogP contribution in [0.3, 0.4) is 0 Å². The third-order valence-corrected chi connectivity index (χ3v) is 5.67. The number of anilines is 1. The van der Waals surface area contributed by atoms with Crippen LogP contribution in [0.5, 0.6) is 5.75 Å². The van der Waals surface area contributed by atoms with E-state index in [4.69, 9.17) is 25.8 Å². The maximum atomic E-state index is 12.6. The van der Waals surface area contributed by atoms with E-state index >= 15 is 0 Å². The molecule has 0 radical (unpaired) electrons. The fourth-order valence-corrected chi connectivity index (χ4v) is 4.02. The Balaban J connectivity index is 1.44. The predicted octanol–water partition coefficient (Wildman–Crippen LogP) is 3.92. The second-order valence-electron chi connectivity index (χ2n) is 7.40. The second kappa shape index (κ2) is 8.05. The number of ether oxygens (including phenoxy) is 3. The highest BCUT2D eigenvalue weighted by Gasteiger charge is 2.37. The molecule has 2 aliphatic rings. The molecule has 0 aliphatic carbocycles. The van der Waals surface area contributed by atoms with Crippen LogP contribution >= 0.6 is 11.6 Å². The van der Waals surface area contributed by atoms with Gasteiger partial charge in [0.15, 0.2) is 6.79 Å². The minimum Gasteiger partial charge on any atom is -0.467 e. The summed E-state index contributed by atoms with van der Waals surface area (Å²) in [4.78, 5) is 26.9. The molecule has 0 unspecified atom stereocenters. The number of carbonyl (C=O) groups excluding carboxylic acids is 2. The van der Waals surface area contributed by atoms with Crippen molar-refractivity contribution in [3.8, 4) is 5.75 Å². The molecule has 152 valence electrons. The first-order chi connectivity index (χ1) is 13.9. The van der Waals surface area contributed by atoms with Crippen LogP contribution in [0.25, 0.3) is 0 Å². The van der Waals surface area contributed by atoms with Crippen LogP contribution in [-0.2, 0) is 32.3 Å². The number of nitrogens with zero attached hydrogens (tertiary/aromatic N) is 1. The van der Waals surface area contributed by atoms with E-state index in [1.54, 1.807) is 17.0 Å². The smallest absolute Gasteiger partial charge is 0.311 e. The Morgan fingerprint density at radius 2 is 2.14 bits per heavy atom. The highest BCUT2D eigenvalue weighted by atomic mass is 35.5. The van der Waals surface area contributed by atoms with Crippen LogP contribution < -0.4 is 9.64 Å². The van der Waals surface area contributed by atoms with Gasteiger partial charge in [0, 0.05) is 34.8 Å². The van der Waals surface area contributed by atoms with Gasteiger partial charge in [-0.25, -0.2) is 0 Å². The molecule has 2 aromatic carbocycles. The van der Waals surface area contributed by atoms with Gasteiger partial charge in [-0.3, -0.25) is 9.59 Å². The average molecular weight is 416 g/mol. The van der Waals surface area contributed by atoms with Gasteiger partial charge in [-0.2, -0.15) is 0 Å². The van der Waals surface area contributed by atoms with Crippen LogP contribution in [0.2, 0.25) is 5.02 Å². The van der Waals surface area contributed by atoms with E-state index in [1.165, 1.54) is 0 Å². The van der Waals surface area contributed by atoms with Crippen molar-refractivity contribution in [1.82, 2.24) is 0 Å². The van der Waals surface area contributed by atoms with Gasteiger partial charge in [0.05, 0.1) is 12.5 Å². The summed E-state index contributed by atoms with van der Waals surface area (Å²) in [5.74, 6) is -0.317. The molecule has 2 aliphatic heterocycles. The van der Waals surface area contributed by atoms with E-state index in [1.807, 2.05) is 32.0 Å². The zero-order valence-corrected chi connectivity index (χ0v) is 17.1. The van der Waals surface area contributed by atoms with Gasteiger partial charge in [0.1, 0.15) is 12.4 Å². The lowest BCUT2D eigenvalue weighted by Crippen LogP contribution is -2.27. The number of aryl methyl sites for hydroxylation is 1. The molecule has 0 saturated carbocycles. The Labute approximate surface area is 174 Å². The first-order valence-electron chi connectivity index (χ1n) is 9.49. The Morgan fingerprint density at radius 3 is 2.97 bits per heavy atom. The van der Waals surface area contributed by atoms with E-state index in [2.05, 4.69) is 0 Å². The van der Waals surface area contributed by atoms with Crippen molar-refractivity contribution in [2.75, 3.05) is 18.2 Å². The first kappa shape index (κ1) is 19.7. The standard InChI is InChI=1S/C22H22ClNO5/c1-13-4-3-5-19(14(13)2)24-9-15(8-20(24)25)22(26)28-11-17-7-18(23)6-16-10-27-12-29-21(16)17/h3-7,15H,8-12H2,1-2H3/t15-/m0/s1. The SMILES string of the molecule is Cc1cccc(N2C[C@@H](C(=O)OCc3cc(Cl)cc4c3OCOC4)CC2=O)c1C. The summed E-state index contributed by atoms with van der Waals surface area (Å²) in [5, 5.41) is 0.529. The third kappa shape index (κ3) is 3.95. The molecule has 1 atom stereocenters. The number of carbonyl (C=O) groups is 2. The summed E-state index contributed by atoms with van der Waals surface area (Å²) in [7, 11) is 0. The number of amides is 1. The Morgan fingerprint density at radius 1 is 1.31 bits per heavy atom. The molecule has 2 heterocycles. The van der Waals surface area contributed by atoms with Crippen molar-refractivity contribution in [1.29, 1.82) is 0 Å². The molecule has 4 rings (SSSR count). The summed E-state index contributed by atoms with van der Waals surface area (Å²) in [6.07, 6.45) is 0.143. The first-order valence-corrected chi connectivity index (χ1v) is 9.87. The number of rotatable bonds is 4. The molecular formula is C22H22ClNO5. The van der Waals surface area contributed by atoms with Crippen LogP contribution in [0, 0.1) is 19.8 Å². The number of halogens is 1. The number of hydrogen-bond donors (Lipinski definition) is 0. The van der Waals surface area contributed by atoms with Gasteiger partial charge < -0.3 is 19.1 Å². The van der Waals surface area contributed by atoms with Crippen LogP contribution in [0.4, 0.5) is 5.69 Å². The Kier molecular flexibility index (Phi) is 5.48. The molecule has 0 bridgehead atoms. The molecular weight excluding hydrogens is 394 g/mol. The number of hydrogen-bond acceptors (Lipinski definition) is 5. The molecule has 29 heavy (non-hydrogen) atoms. The van der Waals surface area contributed by atoms with Crippen LogP contribution in [0.15, 0.2) is 30.3 Å². The zero-order chi connectivity index (χ0) is 20.5. The molecule has 7 heteroatoms. The van der Waals surface area contributed by atoms with E-state index < -0.39 is 11.9 Å². The molecule has 2 aromatic rings. The van der Waals surface area contributed by atoms with Gasteiger partial charge in [0.2, 0.25) is 5.91 Å². The highest BCUT2D eigenvalue weighted by molar-refractivity contribution is 6.30. The minimum atomic E-state index is -0.498. The lowest BCUT2D eigenvalue weighted by molar-refractivity contribution is -0.149. The summed E-state index contributed by atoms with van der Waals surface area (Å²) in [6, 6.07) is 9.33. The molecule has 6 nitrogen and oxygen atoms in total. The van der Waals surface area contributed by atoms with Crippen molar-refractivity contribution in [3.63, 3.8) is 0 Å². The number of benzene rings is 2. The quantitative estimate of drug-likeness (QED) is 0.708. The lowest BCUT2D eigenvalue weighted by atomic mass is 10.1. The van der Waals surface area contributed by atoms with E-state index in [9.17, 15) is 9.59 Å². The molecule has 1 amide bonds. The van der Waals surface area contributed by atoms with Crippen molar-refractivity contribution in [3.05, 3.63) is 57.6 Å². The summed E-state index contributed by atoms with van der Waals surface area (Å²) in [6.45, 7) is 4.89. The summed E-state index contributed by atoms with van der Waals surface area (Å²) >= 11 is 6.15. The summed E-state index contributed by atoms with van der Waals surface area (Å²) < 4.78 is 16.3. The lowest BCUT2D eigenvalue weighted by Gasteiger charge is -2.21. The highest BCUT2D eigenvalue weighted by Crippen LogP contribution is 2.33. The van der Waals surface area contributed by atoms with Crippen molar-refractivity contribution >= 4 is 29.2 Å². The fourth-order valence-electron chi connectivity index (χ4n) is 3.76. The average Bonchev–Trinajstić information content (AvgIpc) is 3.09. The maximum Gasteiger partial charge on any atom is 0.311 e. The van der Waals surface area contributed by atoms with Crippen molar-refractivity contribution in [2.45, 2.75) is 33.5 Å². The largest absolute Gasteiger partial charge is 0.467 e. The van der Waals surface area contributed by atoms with Crippen LogP contribution in [-0.4, -0.2) is 25.2 Å². The second-order valence-corrected chi connectivity index (χ2v) is 7.83. The van der Waals surface area contributed by atoms with Gasteiger partial charge in [-0.05, 0) is 43.2 Å². The Hall–Kier alpha value is -2.57. The Bertz CT molecular complexity index is 974. The fraction of sp³-hybridized carbons (Fsp3) is 0.364. The van der Waals surface area contributed by atoms with E-state index in [0.29, 0.717) is 29.5 Å². The normalized spacial score (nSPS) is 18.4. The van der Waals surface area contributed by atoms with Crippen LogP contribution in [0.1, 0.15) is 28.7 Å². The minimum absolute atomic E-state index is 0.0376. The molecule has 0 spiro atoms. The maximum absolute atomic E-state index is 12.6. The summed E-state index contributed by atoms with van der Waals surface area (Å²) in [5.41, 5.74) is 4.52. The van der Waals surface area contributed by atoms with E-state index in [0.717, 1.165) is 22.4 Å². The van der Waals surface area contributed by atoms with Gasteiger partial charge in [-0.1, -0.05) is 23.7 Å².